The normalized spacial score (nSPS) is 19.3. The Balaban J connectivity index is 1.63. The van der Waals surface area contributed by atoms with Gasteiger partial charge in [0.15, 0.2) is 12.0 Å². The molecule has 0 aliphatic carbocycles. The van der Waals surface area contributed by atoms with Gasteiger partial charge in [-0.1, -0.05) is 28.0 Å². The zero-order chi connectivity index (χ0) is 22.6. The summed E-state index contributed by atoms with van der Waals surface area (Å²) in [5.41, 5.74) is -0.635. The van der Waals surface area contributed by atoms with Crippen LogP contribution in [0.5, 0.6) is 0 Å². The molecule has 0 saturated carbocycles. The van der Waals surface area contributed by atoms with Gasteiger partial charge < -0.3 is 25.4 Å². The predicted molar refractivity (Wildman–Crippen MR) is 119 cm³/mol. The lowest BCUT2D eigenvalue weighted by Crippen LogP contribution is -2.28. The van der Waals surface area contributed by atoms with Crippen molar-refractivity contribution >= 4 is 39.3 Å². The highest BCUT2D eigenvalue weighted by molar-refractivity contribution is 8.76. The molecule has 12 heteroatoms. The van der Waals surface area contributed by atoms with E-state index in [1.807, 2.05) is 0 Å². The molecule has 1 aromatic heterocycles. The molecule has 1 aliphatic heterocycles. The largest absolute Gasteiger partial charge is 0.512 e. The van der Waals surface area contributed by atoms with Gasteiger partial charge in [-0.2, -0.15) is 4.98 Å². The molecule has 4 N–H and O–H groups in total. The van der Waals surface area contributed by atoms with E-state index in [0.717, 1.165) is 24.3 Å². The van der Waals surface area contributed by atoms with Crippen molar-refractivity contribution in [1.82, 2.24) is 9.55 Å². The van der Waals surface area contributed by atoms with E-state index in [4.69, 9.17) is 14.9 Å². The van der Waals surface area contributed by atoms with Crippen molar-refractivity contribution < 1.29 is 29.6 Å². The maximum absolute atomic E-state index is 12.2. The van der Waals surface area contributed by atoms with Crippen molar-refractivity contribution in [3.05, 3.63) is 34.8 Å². The number of carbonyl (C=O) groups excluding carboxylic acids is 1. The molecule has 1 aromatic rings. The number of rotatable bonds is 13. The van der Waals surface area contributed by atoms with Crippen LogP contribution in [0.2, 0.25) is 0 Å². The van der Waals surface area contributed by atoms with Gasteiger partial charge in [0, 0.05) is 37.0 Å². The first-order valence-electron chi connectivity index (χ1n) is 9.95. The number of anilines is 1. The second-order valence-electron chi connectivity index (χ2n) is 6.86. The highest BCUT2D eigenvalue weighted by atomic mass is 33.1. The van der Waals surface area contributed by atoms with E-state index in [2.05, 4.69) is 10.3 Å². The zero-order valence-electron chi connectivity index (χ0n) is 16.9. The molecule has 0 radical (unpaired) electrons. The number of carbonyl (C=O) groups is 2. The van der Waals surface area contributed by atoms with Gasteiger partial charge in [-0.25, -0.2) is 4.79 Å². The molecule has 172 valence electrons. The van der Waals surface area contributed by atoms with E-state index in [0.29, 0.717) is 25.5 Å². The van der Waals surface area contributed by atoms with Gasteiger partial charge in [0.1, 0.15) is 18.2 Å². The number of aliphatic carboxylic acids is 1. The van der Waals surface area contributed by atoms with E-state index in [1.54, 1.807) is 21.6 Å². The number of carboxylic acid groups (broad SMARTS) is 1. The average Bonchev–Trinajstić information content (AvgIpc) is 3.09. The summed E-state index contributed by atoms with van der Waals surface area (Å²) in [5.74, 6) is 0.906. The summed E-state index contributed by atoms with van der Waals surface area (Å²) in [5, 5.41) is 29.9. The topological polar surface area (TPSA) is 151 Å². The second-order valence-corrected chi connectivity index (χ2v) is 9.56. The van der Waals surface area contributed by atoms with Crippen LogP contribution in [0.4, 0.5) is 5.82 Å². The summed E-state index contributed by atoms with van der Waals surface area (Å²) < 4.78 is 6.49. The molecule has 1 fully saturated rings. The molecular weight excluding hydrogens is 446 g/mol. The lowest BCUT2D eigenvalue weighted by Gasteiger charge is -2.13. The van der Waals surface area contributed by atoms with E-state index in [-0.39, 0.29) is 30.3 Å². The van der Waals surface area contributed by atoms with Gasteiger partial charge in [0.25, 0.3) is 0 Å². The van der Waals surface area contributed by atoms with Crippen LogP contribution in [0.15, 0.2) is 29.1 Å². The van der Waals surface area contributed by atoms with E-state index in [1.165, 1.54) is 16.8 Å². The van der Waals surface area contributed by atoms with Crippen LogP contribution in [0.1, 0.15) is 51.2 Å². The first-order chi connectivity index (χ1) is 14.9. The Kier molecular flexibility index (Phi) is 10.7. The molecule has 31 heavy (non-hydrogen) atoms. The van der Waals surface area contributed by atoms with Gasteiger partial charge in [0.2, 0.25) is 5.91 Å². The summed E-state index contributed by atoms with van der Waals surface area (Å²) in [4.78, 5) is 38.5. The van der Waals surface area contributed by atoms with Crippen LogP contribution >= 0.6 is 21.6 Å². The predicted octanol–water partition coefficient (Wildman–Crippen LogP) is 2.67. The molecule has 2 heterocycles. The minimum Gasteiger partial charge on any atom is -0.512 e. The second kappa shape index (κ2) is 13.3. The van der Waals surface area contributed by atoms with Crippen molar-refractivity contribution in [3.8, 4) is 0 Å². The van der Waals surface area contributed by atoms with Gasteiger partial charge in [0.05, 0.1) is 0 Å². The highest BCUT2D eigenvalue weighted by Gasteiger charge is 2.31. The lowest BCUT2D eigenvalue weighted by molar-refractivity contribution is -0.137. The molecule has 0 spiro atoms. The third-order valence-corrected chi connectivity index (χ3v) is 6.97. The molecular formula is C19H27N3O7S2. The number of hydrogen-bond donors (Lipinski definition) is 4. The Morgan fingerprint density at radius 1 is 1.23 bits per heavy atom. The van der Waals surface area contributed by atoms with Gasteiger partial charge in [-0.15, -0.1) is 0 Å². The third-order valence-electron chi connectivity index (χ3n) is 4.39. The molecule has 1 aliphatic rings. The number of carboxylic acids is 1. The Labute approximate surface area is 187 Å². The van der Waals surface area contributed by atoms with Gasteiger partial charge in [-0.3, -0.25) is 14.2 Å². The summed E-state index contributed by atoms with van der Waals surface area (Å²) in [7, 11) is 3.40. The average molecular weight is 474 g/mol. The molecule has 10 nitrogen and oxygen atoms in total. The number of unbranched alkanes of at least 4 members (excludes halogenated alkanes) is 2. The maximum atomic E-state index is 12.2. The van der Waals surface area contributed by atoms with Crippen molar-refractivity contribution in [3.63, 3.8) is 0 Å². The monoisotopic (exact) mass is 473 g/mol. The number of amides is 1. The molecule has 1 amide bonds. The number of aliphatic hydroxyl groups excluding tert-OH is 2. The number of nitrogens with zero attached hydrogens (tertiary/aromatic N) is 2. The van der Waals surface area contributed by atoms with Crippen molar-refractivity contribution in [2.75, 3.05) is 16.8 Å². The Bertz CT molecular complexity index is 831. The number of ether oxygens (including phenoxy) is 1. The minimum atomic E-state index is -0.991. The smallest absolute Gasteiger partial charge is 0.352 e. The summed E-state index contributed by atoms with van der Waals surface area (Å²) >= 11 is 0. The number of hydrogen-bond acceptors (Lipinski definition) is 9. The minimum absolute atomic E-state index is 0.0106. The number of aliphatic hydroxyl groups is 2. The number of nitrogens with one attached hydrogen (secondary N) is 1. The molecule has 1 saturated heterocycles. The Morgan fingerprint density at radius 3 is 2.61 bits per heavy atom. The van der Waals surface area contributed by atoms with Crippen LogP contribution in [-0.4, -0.2) is 54.4 Å². The third kappa shape index (κ3) is 8.83. The Morgan fingerprint density at radius 2 is 1.97 bits per heavy atom. The fourth-order valence-corrected chi connectivity index (χ4v) is 5.04. The van der Waals surface area contributed by atoms with Crippen LogP contribution in [0.25, 0.3) is 0 Å². The summed E-state index contributed by atoms with van der Waals surface area (Å²) in [6, 6.07) is 1.48. The fraction of sp³-hybridized carbons (Fsp3) is 0.579. The van der Waals surface area contributed by atoms with Crippen molar-refractivity contribution in [2.24, 2.45) is 0 Å². The lowest BCUT2D eigenvalue weighted by atomic mass is 10.2. The van der Waals surface area contributed by atoms with Gasteiger partial charge >= 0.3 is 11.7 Å². The van der Waals surface area contributed by atoms with Crippen LogP contribution in [-0.2, 0) is 14.3 Å². The Hall–Kier alpha value is -2.18. The SMILES string of the molecule is O=C(O)CCCCCSSCCCC(=O)Nc1ccn([C@H]2CC(O)/C(=C\O)O2)c(=O)n1. The maximum Gasteiger partial charge on any atom is 0.352 e. The summed E-state index contributed by atoms with van der Waals surface area (Å²) in [6.45, 7) is 0. The highest BCUT2D eigenvalue weighted by Crippen LogP contribution is 2.30. The van der Waals surface area contributed by atoms with Crippen molar-refractivity contribution in [2.45, 2.75) is 57.3 Å². The van der Waals surface area contributed by atoms with Gasteiger partial charge in [-0.05, 0) is 25.3 Å². The quantitative estimate of drug-likeness (QED) is 0.191. The summed E-state index contributed by atoms with van der Waals surface area (Å²) in [6.07, 6.45) is 4.22. The molecule has 0 aromatic carbocycles. The van der Waals surface area contributed by atoms with E-state index >= 15 is 0 Å². The first kappa shape index (κ1) is 25.1. The fourth-order valence-electron chi connectivity index (χ4n) is 2.81. The zero-order valence-corrected chi connectivity index (χ0v) is 18.6. The molecule has 2 atom stereocenters. The van der Waals surface area contributed by atoms with Crippen LogP contribution < -0.4 is 11.0 Å². The molecule has 2 rings (SSSR count). The molecule has 1 unspecified atom stereocenters. The van der Waals surface area contributed by atoms with E-state index in [9.17, 15) is 19.5 Å². The van der Waals surface area contributed by atoms with Crippen LogP contribution in [0.3, 0.4) is 0 Å². The standard InChI is InChI=1S/C19H27N3O7S2/c23-12-14-13(24)11-17(29-14)22-8-7-15(21-19(22)28)20-16(25)5-4-10-31-30-9-3-1-2-6-18(26)27/h7-8,12-13,17,23-24H,1-6,9-11H2,(H,26,27)(H,20,21,25,28)/b14-12+/t13?,17-/m1/s1. The molecule has 0 bridgehead atoms. The van der Waals surface area contributed by atoms with E-state index < -0.39 is 24.0 Å². The van der Waals surface area contributed by atoms with Crippen molar-refractivity contribution in [1.29, 1.82) is 0 Å². The number of aromatic nitrogens is 2. The first-order valence-corrected chi connectivity index (χ1v) is 12.4. The van der Waals surface area contributed by atoms with Crippen LogP contribution in [0, 0.1) is 0 Å².